The van der Waals surface area contributed by atoms with E-state index in [1.54, 1.807) is 12.1 Å². The van der Waals surface area contributed by atoms with Crippen molar-refractivity contribution in [1.82, 2.24) is 0 Å². The molecule has 0 bridgehead atoms. The van der Waals surface area contributed by atoms with Crippen molar-refractivity contribution in [3.8, 4) is 0 Å². The number of hydrogen-bond donors (Lipinski definition) is 1. The molecule has 1 nitrogen and oxygen atoms in total. The summed E-state index contributed by atoms with van der Waals surface area (Å²) in [6.07, 6.45) is 0.761. The molecule has 0 saturated carbocycles. The van der Waals surface area contributed by atoms with Crippen LogP contribution in [0.25, 0.3) is 0 Å². The van der Waals surface area contributed by atoms with E-state index in [4.69, 9.17) is 17.3 Å². The Labute approximate surface area is 89.1 Å². The molecule has 0 fully saturated rings. The largest absolute Gasteiger partial charge is 0.324 e. The minimum absolute atomic E-state index is 0.140. The van der Waals surface area contributed by atoms with Gasteiger partial charge in [-0.25, -0.2) is 4.39 Å². The van der Waals surface area contributed by atoms with Crippen molar-refractivity contribution in [2.75, 3.05) is 0 Å². The van der Waals surface area contributed by atoms with Gasteiger partial charge in [-0.15, -0.1) is 0 Å². The first kappa shape index (κ1) is 11.5. The molecule has 0 aliphatic carbocycles. The monoisotopic (exact) mass is 215 g/mol. The summed E-state index contributed by atoms with van der Waals surface area (Å²) in [7, 11) is 0. The summed E-state index contributed by atoms with van der Waals surface area (Å²) in [5, 5.41) is 0.140. The fourth-order valence-corrected chi connectivity index (χ4v) is 1.62. The Hall–Kier alpha value is -0.600. The Morgan fingerprint density at radius 1 is 1.43 bits per heavy atom. The van der Waals surface area contributed by atoms with Crippen molar-refractivity contribution >= 4 is 11.6 Å². The molecule has 0 heterocycles. The lowest BCUT2D eigenvalue weighted by atomic mass is 9.97. The molecule has 0 unspecified atom stereocenters. The lowest BCUT2D eigenvalue weighted by Gasteiger charge is -2.15. The number of hydrogen-bond acceptors (Lipinski definition) is 1. The minimum atomic E-state index is -0.387. The molecule has 0 aromatic heterocycles. The van der Waals surface area contributed by atoms with Crippen LogP contribution in [0, 0.1) is 11.7 Å². The van der Waals surface area contributed by atoms with Crippen LogP contribution in [-0.2, 0) is 0 Å². The van der Waals surface area contributed by atoms with Gasteiger partial charge in [-0.1, -0.05) is 37.6 Å². The normalized spacial score (nSPS) is 13.3. The zero-order valence-electron chi connectivity index (χ0n) is 8.43. The zero-order valence-corrected chi connectivity index (χ0v) is 9.18. The van der Waals surface area contributed by atoms with E-state index < -0.39 is 0 Å². The lowest BCUT2D eigenvalue weighted by molar-refractivity contribution is 0.489. The Kier molecular flexibility index (Phi) is 3.90. The number of halogens is 2. The summed E-state index contributed by atoms with van der Waals surface area (Å²) in [6.45, 7) is 4.12. The van der Waals surface area contributed by atoms with Crippen LogP contribution in [0.2, 0.25) is 5.02 Å². The van der Waals surface area contributed by atoms with Gasteiger partial charge in [0.25, 0.3) is 0 Å². The smallest absolute Gasteiger partial charge is 0.146 e. The molecule has 1 rings (SSSR count). The fourth-order valence-electron chi connectivity index (χ4n) is 1.44. The lowest BCUT2D eigenvalue weighted by Crippen LogP contribution is -2.14. The van der Waals surface area contributed by atoms with E-state index in [0.717, 1.165) is 6.42 Å². The van der Waals surface area contributed by atoms with Crippen LogP contribution < -0.4 is 5.73 Å². The topological polar surface area (TPSA) is 26.0 Å². The molecular formula is C11H15ClFN. The van der Waals surface area contributed by atoms with E-state index in [-0.39, 0.29) is 16.9 Å². The highest BCUT2D eigenvalue weighted by Gasteiger charge is 2.14. The van der Waals surface area contributed by atoms with Crippen LogP contribution in [0.1, 0.15) is 31.9 Å². The molecule has 14 heavy (non-hydrogen) atoms. The highest BCUT2D eigenvalue weighted by molar-refractivity contribution is 6.30. The quantitative estimate of drug-likeness (QED) is 0.820. The van der Waals surface area contributed by atoms with Gasteiger partial charge in [0.15, 0.2) is 0 Å². The van der Waals surface area contributed by atoms with Gasteiger partial charge in [0.1, 0.15) is 5.82 Å². The molecule has 1 aromatic rings. The predicted octanol–water partition coefficient (Wildman–Crippen LogP) is 3.53. The maximum absolute atomic E-state index is 13.5. The average Bonchev–Trinajstić information content (AvgIpc) is 2.08. The number of benzene rings is 1. The second-order valence-corrected chi connectivity index (χ2v) is 4.29. The summed E-state index contributed by atoms with van der Waals surface area (Å²) < 4.78 is 13.5. The van der Waals surface area contributed by atoms with E-state index in [9.17, 15) is 4.39 Å². The van der Waals surface area contributed by atoms with E-state index in [1.165, 1.54) is 6.07 Å². The Bertz CT molecular complexity index is 312. The first-order chi connectivity index (χ1) is 6.52. The number of nitrogens with two attached hydrogens (primary N) is 1. The Balaban J connectivity index is 2.89. The van der Waals surface area contributed by atoms with Gasteiger partial charge in [-0.3, -0.25) is 0 Å². The van der Waals surface area contributed by atoms with Crippen molar-refractivity contribution in [2.45, 2.75) is 26.3 Å². The van der Waals surface area contributed by atoms with E-state index in [0.29, 0.717) is 11.5 Å². The average molecular weight is 216 g/mol. The molecule has 0 aliphatic rings. The molecule has 0 saturated heterocycles. The highest BCUT2D eigenvalue weighted by Crippen LogP contribution is 2.25. The molecule has 0 radical (unpaired) electrons. The van der Waals surface area contributed by atoms with Crippen LogP contribution in [-0.4, -0.2) is 0 Å². The standard InChI is InChI=1S/C11H15ClFN/c1-7(2)6-10(14)8-4-3-5-9(12)11(8)13/h3-5,7,10H,6,14H2,1-2H3/t10-/m1/s1. The molecule has 1 atom stereocenters. The van der Waals surface area contributed by atoms with Gasteiger partial charge in [-0.2, -0.15) is 0 Å². The van der Waals surface area contributed by atoms with E-state index >= 15 is 0 Å². The third kappa shape index (κ3) is 2.69. The first-order valence-electron chi connectivity index (χ1n) is 4.72. The van der Waals surface area contributed by atoms with Crippen molar-refractivity contribution < 1.29 is 4.39 Å². The second kappa shape index (κ2) is 4.76. The van der Waals surface area contributed by atoms with Crippen molar-refractivity contribution in [3.05, 3.63) is 34.6 Å². The predicted molar refractivity (Wildman–Crippen MR) is 57.8 cm³/mol. The van der Waals surface area contributed by atoms with Crippen LogP contribution in [0.15, 0.2) is 18.2 Å². The molecule has 2 N–H and O–H groups in total. The van der Waals surface area contributed by atoms with E-state index in [2.05, 4.69) is 13.8 Å². The molecule has 3 heteroatoms. The third-order valence-corrected chi connectivity index (χ3v) is 2.40. The summed E-state index contributed by atoms with van der Waals surface area (Å²) in [4.78, 5) is 0. The van der Waals surface area contributed by atoms with Gasteiger partial charge >= 0.3 is 0 Å². The van der Waals surface area contributed by atoms with Crippen LogP contribution in [0.3, 0.4) is 0 Å². The summed E-state index contributed by atoms with van der Waals surface area (Å²) >= 11 is 5.66. The van der Waals surface area contributed by atoms with Crippen molar-refractivity contribution in [1.29, 1.82) is 0 Å². The third-order valence-electron chi connectivity index (χ3n) is 2.11. The SMILES string of the molecule is CC(C)C[C@@H](N)c1cccc(Cl)c1F. The zero-order chi connectivity index (χ0) is 10.7. The Morgan fingerprint density at radius 2 is 2.07 bits per heavy atom. The molecule has 1 aromatic carbocycles. The minimum Gasteiger partial charge on any atom is -0.324 e. The van der Waals surface area contributed by atoms with Crippen molar-refractivity contribution in [3.63, 3.8) is 0 Å². The summed E-state index contributed by atoms with van der Waals surface area (Å²) in [6, 6.07) is 4.67. The molecule has 78 valence electrons. The van der Waals surface area contributed by atoms with Crippen LogP contribution in [0.5, 0.6) is 0 Å². The first-order valence-corrected chi connectivity index (χ1v) is 5.09. The van der Waals surface area contributed by atoms with Gasteiger partial charge in [0.05, 0.1) is 5.02 Å². The van der Waals surface area contributed by atoms with Crippen LogP contribution in [0.4, 0.5) is 4.39 Å². The molecule has 0 aliphatic heterocycles. The van der Waals surface area contributed by atoms with Gasteiger partial charge < -0.3 is 5.73 Å². The van der Waals surface area contributed by atoms with Crippen molar-refractivity contribution in [2.24, 2.45) is 11.7 Å². The van der Waals surface area contributed by atoms with E-state index in [1.807, 2.05) is 0 Å². The Morgan fingerprint density at radius 3 is 2.64 bits per heavy atom. The van der Waals surface area contributed by atoms with Gasteiger partial charge in [0.2, 0.25) is 0 Å². The molecule has 0 amide bonds. The van der Waals surface area contributed by atoms with Gasteiger partial charge in [0, 0.05) is 11.6 Å². The van der Waals surface area contributed by atoms with Crippen LogP contribution >= 0.6 is 11.6 Å². The maximum Gasteiger partial charge on any atom is 0.146 e. The second-order valence-electron chi connectivity index (χ2n) is 3.88. The highest BCUT2D eigenvalue weighted by atomic mass is 35.5. The molecule has 0 spiro atoms. The molecular weight excluding hydrogens is 201 g/mol. The summed E-state index contributed by atoms with van der Waals surface area (Å²) in [5.74, 6) is 0.0608. The van der Waals surface area contributed by atoms with Gasteiger partial charge in [-0.05, 0) is 18.4 Å². The summed E-state index contributed by atoms with van der Waals surface area (Å²) in [5.41, 5.74) is 6.37. The fraction of sp³-hybridized carbons (Fsp3) is 0.455. The number of rotatable bonds is 3. The maximum atomic E-state index is 13.5.